The van der Waals surface area contributed by atoms with Crippen LogP contribution in [0.15, 0.2) is 97.1 Å². The second kappa shape index (κ2) is 9.20. The lowest BCUT2D eigenvalue weighted by Crippen LogP contribution is -2.15. The summed E-state index contributed by atoms with van der Waals surface area (Å²) < 4.78 is 2.50. The van der Waals surface area contributed by atoms with Crippen LogP contribution in [0.1, 0.15) is 92.0 Å². The van der Waals surface area contributed by atoms with Gasteiger partial charge in [0.05, 0.1) is 11.0 Å². The molecule has 5 aromatic carbocycles. The van der Waals surface area contributed by atoms with Gasteiger partial charge in [-0.05, 0) is 131 Å². The van der Waals surface area contributed by atoms with Gasteiger partial charge in [0.25, 0.3) is 0 Å². The van der Waals surface area contributed by atoms with E-state index < -0.39 is 0 Å². The quantitative estimate of drug-likeness (QED) is 0.203. The van der Waals surface area contributed by atoms with Gasteiger partial charge in [-0.2, -0.15) is 0 Å². The predicted octanol–water partition coefficient (Wildman–Crippen LogP) is 11.6. The Morgan fingerprint density at radius 3 is 2.00 bits per heavy atom. The molecule has 212 valence electrons. The summed E-state index contributed by atoms with van der Waals surface area (Å²) in [4.78, 5) is 0. The minimum absolute atomic E-state index is 0.0645. The Morgan fingerprint density at radius 2 is 1.26 bits per heavy atom. The van der Waals surface area contributed by atoms with Crippen molar-refractivity contribution in [2.45, 2.75) is 76.5 Å². The van der Waals surface area contributed by atoms with Gasteiger partial charge >= 0.3 is 0 Å². The number of fused-ring (bicyclic) bond motifs is 6. The molecule has 2 fully saturated rings. The van der Waals surface area contributed by atoms with Crippen molar-refractivity contribution in [1.29, 1.82) is 0 Å². The van der Waals surface area contributed by atoms with Crippen LogP contribution in [-0.2, 0) is 5.41 Å². The van der Waals surface area contributed by atoms with Crippen LogP contribution in [0.4, 0.5) is 0 Å². The average molecular weight is 558 g/mol. The number of aryl methyl sites for hydroxylation is 1. The van der Waals surface area contributed by atoms with Crippen LogP contribution < -0.4 is 0 Å². The van der Waals surface area contributed by atoms with Crippen molar-refractivity contribution < 1.29 is 0 Å². The highest BCUT2D eigenvalue weighted by Crippen LogP contribution is 2.53. The fraction of sp³-hybridized carbons (Fsp3) is 0.286. The number of para-hydroxylation sites is 1. The maximum absolute atomic E-state index is 2.53. The number of hydrogen-bond donors (Lipinski definition) is 0. The Morgan fingerprint density at radius 1 is 0.581 bits per heavy atom. The fourth-order valence-corrected chi connectivity index (χ4v) is 8.37. The molecule has 0 amide bonds. The Labute approximate surface area is 255 Å². The molecule has 0 saturated heterocycles. The van der Waals surface area contributed by atoms with Gasteiger partial charge in [-0.1, -0.05) is 87.4 Å². The van der Waals surface area contributed by atoms with Gasteiger partial charge in [0.2, 0.25) is 0 Å². The van der Waals surface area contributed by atoms with Crippen molar-refractivity contribution >= 4 is 21.8 Å². The smallest absolute Gasteiger partial charge is 0.0544 e. The molecule has 1 aromatic heterocycles. The van der Waals surface area contributed by atoms with Crippen LogP contribution in [0.2, 0.25) is 0 Å². The van der Waals surface area contributed by atoms with Gasteiger partial charge in [-0.3, -0.25) is 0 Å². The molecular weight excluding hydrogens is 518 g/mol. The number of benzene rings is 5. The summed E-state index contributed by atoms with van der Waals surface area (Å²) in [6.45, 7) is 7.16. The third-order valence-corrected chi connectivity index (χ3v) is 11.3. The van der Waals surface area contributed by atoms with Crippen LogP contribution in [0.5, 0.6) is 0 Å². The molecule has 0 atom stereocenters. The summed E-state index contributed by atoms with van der Waals surface area (Å²) in [7, 11) is 0. The second-order valence-electron chi connectivity index (χ2n) is 14.0. The minimum Gasteiger partial charge on any atom is -0.309 e. The molecule has 0 unspecified atom stereocenters. The summed E-state index contributed by atoms with van der Waals surface area (Å²) in [5, 5.41) is 2.68. The van der Waals surface area contributed by atoms with Crippen LogP contribution in [0.25, 0.3) is 49.7 Å². The number of rotatable bonds is 4. The monoisotopic (exact) mass is 557 g/mol. The predicted molar refractivity (Wildman–Crippen MR) is 182 cm³/mol. The van der Waals surface area contributed by atoms with E-state index in [1.165, 1.54) is 116 Å². The van der Waals surface area contributed by atoms with Crippen molar-refractivity contribution in [1.82, 2.24) is 4.57 Å². The Kier molecular flexibility index (Phi) is 5.43. The van der Waals surface area contributed by atoms with Crippen LogP contribution in [0.3, 0.4) is 0 Å². The topological polar surface area (TPSA) is 4.93 Å². The number of aromatic nitrogens is 1. The average Bonchev–Trinajstić information content (AvgIpc) is 3.39. The van der Waals surface area contributed by atoms with E-state index in [0.29, 0.717) is 5.92 Å². The molecule has 2 saturated carbocycles. The molecule has 1 heteroatoms. The first kappa shape index (κ1) is 25.4. The Balaban J connectivity index is 1.25. The van der Waals surface area contributed by atoms with E-state index in [1.807, 2.05) is 0 Å². The van der Waals surface area contributed by atoms with E-state index >= 15 is 0 Å². The first-order valence-corrected chi connectivity index (χ1v) is 16.4. The highest BCUT2D eigenvalue weighted by molar-refractivity contribution is 6.11. The van der Waals surface area contributed by atoms with Gasteiger partial charge in [-0.25, -0.2) is 0 Å². The molecule has 9 rings (SSSR count). The summed E-state index contributed by atoms with van der Waals surface area (Å²) >= 11 is 0. The summed E-state index contributed by atoms with van der Waals surface area (Å²) in [5.74, 6) is 1.46. The molecule has 3 aliphatic carbocycles. The van der Waals surface area contributed by atoms with Crippen LogP contribution in [0, 0.1) is 6.92 Å². The van der Waals surface area contributed by atoms with E-state index in [2.05, 4.69) is 122 Å². The van der Waals surface area contributed by atoms with E-state index in [4.69, 9.17) is 0 Å². The maximum atomic E-state index is 2.53. The zero-order chi connectivity index (χ0) is 28.9. The Hall–Kier alpha value is -4.10. The normalized spacial score (nSPS) is 17.6. The number of nitrogens with zero attached hydrogens (tertiary/aromatic N) is 1. The third kappa shape index (κ3) is 3.64. The van der Waals surface area contributed by atoms with Crippen molar-refractivity contribution in [2.24, 2.45) is 0 Å². The van der Waals surface area contributed by atoms with E-state index in [1.54, 1.807) is 0 Å². The molecule has 3 aliphatic rings. The molecule has 1 heterocycles. The van der Waals surface area contributed by atoms with E-state index in [0.717, 1.165) is 5.92 Å². The molecule has 1 nitrogen and oxygen atoms in total. The fourth-order valence-electron chi connectivity index (χ4n) is 8.37. The molecule has 0 bridgehead atoms. The highest BCUT2D eigenvalue weighted by atomic mass is 15.0. The standard InChI is InChI=1S/C42H39N/c1-26-22-38-35(23-34(26)32-15-5-4-14-31(32)29-12-9-13-29)36-24-37-33-16-6-7-17-40(33)43(41(37)25-39(36)42(38,2)3)30-20-18-28(19-21-30)27-10-8-11-27/h4-7,14-25,27,29H,8-13H2,1-3H3. The van der Waals surface area contributed by atoms with E-state index in [-0.39, 0.29) is 5.41 Å². The van der Waals surface area contributed by atoms with Crippen molar-refractivity contribution in [3.05, 3.63) is 125 Å². The molecule has 0 N–H and O–H groups in total. The van der Waals surface area contributed by atoms with Gasteiger partial charge < -0.3 is 4.57 Å². The largest absolute Gasteiger partial charge is 0.309 e. The van der Waals surface area contributed by atoms with Gasteiger partial charge in [0, 0.05) is 21.9 Å². The maximum Gasteiger partial charge on any atom is 0.0544 e. The van der Waals surface area contributed by atoms with Gasteiger partial charge in [0.1, 0.15) is 0 Å². The molecule has 43 heavy (non-hydrogen) atoms. The lowest BCUT2D eigenvalue weighted by atomic mass is 9.76. The third-order valence-electron chi connectivity index (χ3n) is 11.3. The van der Waals surface area contributed by atoms with Crippen molar-refractivity contribution in [2.75, 3.05) is 0 Å². The highest BCUT2D eigenvalue weighted by Gasteiger charge is 2.37. The Bertz CT molecular complexity index is 2060. The molecule has 6 aromatic rings. The van der Waals surface area contributed by atoms with Crippen LogP contribution in [-0.4, -0.2) is 4.57 Å². The first-order valence-electron chi connectivity index (χ1n) is 16.4. The lowest BCUT2D eigenvalue weighted by Gasteiger charge is -2.29. The van der Waals surface area contributed by atoms with Gasteiger partial charge in [-0.15, -0.1) is 0 Å². The van der Waals surface area contributed by atoms with Gasteiger partial charge in [0.15, 0.2) is 0 Å². The minimum atomic E-state index is -0.0645. The summed E-state index contributed by atoms with van der Waals surface area (Å²) in [6, 6.07) is 37.6. The SMILES string of the molecule is Cc1cc2c(cc1-c1ccccc1C1CCC1)-c1cc3c4ccccc4n(-c4ccc(C5CCC5)cc4)c3cc1C2(C)C. The molecule has 0 spiro atoms. The van der Waals surface area contributed by atoms with Crippen LogP contribution >= 0.6 is 0 Å². The first-order chi connectivity index (χ1) is 21.0. The molecule has 0 radical (unpaired) electrons. The van der Waals surface area contributed by atoms with E-state index in [9.17, 15) is 0 Å². The zero-order valence-electron chi connectivity index (χ0n) is 25.6. The lowest BCUT2D eigenvalue weighted by molar-refractivity contribution is 0.420. The summed E-state index contributed by atoms with van der Waals surface area (Å²) in [6.07, 6.45) is 8.05. The molecular formula is C42H39N. The van der Waals surface area contributed by atoms with Crippen molar-refractivity contribution in [3.8, 4) is 27.9 Å². The second-order valence-corrected chi connectivity index (χ2v) is 14.0. The van der Waals surface area contributed by atoms with Crippen molar-refractivity contribution in [3.63, 3.8) is 0 Å². The molecule has 0 aliphatic heterocycles. The number of hydrogen-bond acceptors (Lipinski definition) is 0. The zero-order valence-corrected chi connectivity index (χ0v) is 25.6. The summed E-state index contributed by atoms with van der Waals surface area (Å²) in [5.41, 5.74) is 16.8.